The van der Waals surface area contributed by atoms with E-state index >= 15 is 0 Å². The molecule has 26 heavy (non-hydrogen) atoms. The summed E-state index contributed by atoms with van der Waals surface area (Å²) in [4.78, 5) is 28.1. The van der Waals surface area contributed by atoms with Gasteiger partial charge in [0.2, 0.25) is 5.91 Å². The second-order valence-corrected chi connectivity index (χ2v) is 6.56. The normalized spacial score (nSPS) is 17.5. The van der Waals surface area contributed by atoms with E-state index in [1.54, 1.807) is 4.90 Å². The van der Waals surface area contributed by atoms with Gasteiger partial charge in [0.15, 0.2) is 6.61 Å². The Balaban J connectivity index is 1.33. The second kappa shape index (κ2) is 9.54. The molecule has 0 saturated carbocycles. The van der Waals surface area contributed by atoms with E-state index in [1.807, 2.05) is 24.3 Å². The Morgan fingerprint density at radius 2 is 1.92 bits per heavy atom. The molecule has 7 heteroatoms. The van der Waals surface area contributed by atoms with E-state index < -0.39 is 0 Å². The molecule has 2 heterocycles. The zero-order valence-corrected chi connectivity index (χ0v) is 15.1. The van der Waals surface area contributed by atoms with Crippen molar-refractivity contribution in [3.8, 4) is 5.75 Å². The molecule has 1 N–H and O–H groups in total. The lowest BCUT2D eigenvalue weighted by molar-refractivity contribution is -0.122. The van der Waals surface area contributed by atoms with E-state index in [0.717, 1.165) is 50.7 Å². The van der Waals surface area contributed by atoms with Gasteiger partial charge >= 0.3 is 0 Å². The van der Waals surface area contributed by atoms with Gasteiger partial charge in [-0.15, -0.1) is 0 Å². The van der Waals surface area contributed by atoms with Gasteiger partial charge in [-0.05, 0) is 31.5 Å². The Morgan fingerprint density at radius 1 is 1.12 bits per heavy atom. The number of morpholine rings is 1. The van der Waals surface area contributed by atoms with Gasteiger partial charge in [-0.3, -0.25) is 14.5 Å². The Bertz CT molecular complexity index is 617. The van der Waals surface area contributed by atoms with Gasteiger partial charge in [-0.1, -0.05) is 12.1 Å². The van der Waals surface area contributed by atoms with Gasteiger partial charge < -0.3 is 19.7 Å². The van der Waals surface area contributed by atoms with E-state index in [9.17, 15) is 9.59 Å². The van der Waals surface area contributed by atoms with Gasteiger partial charge in [0.05, 0.1) is 18.9 Å². The molecule has 1 saturated heterocycles. The molecular formula is C19H27N3O4. The van der Waals surface area contributed by atoms with Crippen LogP contribution in [0.5, 0.6) is 5.75 Å². The number of hydrogen-bond donors (Lipinski definition) is 1. The van der Waals surface area contributed by atoms with Gasteiger partial charge in [-0.2, -0.15) is 0 Å². The summed E-state index contributed by atoms with van der Waals surface area (Å²) < 4.78 is 10.7. The summed E-state index contributed by atoms with van der Waals surface area (Å²) in [6.07, 6.45) is 2.00. The largest absolute Gasteiger partial charge is 0.482 e. The Hall–Kier alpha value is -2.12. The molecule has 0 aliphatic carbocycles. The van der Waals surface area contributed by atoms with Crippen LogP contribution in [0.2, 0.25) is 0 Å². The number of fused-ring (bicyclic) bond motifs is 1. The van der Waals surface area contributed by atoms with E-state index in [4.69, 9.17) is 9.47 Å². The highest BCUT2D eigenvalue weighted by molar-refractivity contribution is 5.97. The number of para-hydroxylation sites is 2. The van der Waals surface area contributed by atoms with Crippen LogP contribution in [0, 0.1) is 0 Å². The van der Waals surface area contributed by atoms with Crippen LogP contribution in [0.25, 0.3) is 0 Å². The Labute approximate surface area is 154 Å². The molecule has 1 fully saturated rings. The number of ether oxygens (including phenoxy) is 2. The average Bonchev–Trinajstić information content (AvgIpc) is 2.68. The molecule has 1 aromatic rings. The maximum absolute atomic E-state index is 12.1. The van der Waals surface area contributed by atoms with Crippen LogP contribution in [-0.4, -0.2) is 69.3 Å². The lowest BCUT2D eigenvalue weighted by atomic mass is 10.2. The third kappa shape index (κ3) is 5.19. The van der Waals surface area contributed by atoms with Crippen LogP contribution in [0.1, 0.15) is 19.3 Å². The molecule has 0 bridgehead atoms. The lowest BCUT2D eigenvalue weighted by Gasteiger charge is -2.29. The first-order valence-electron chi connectivity index (χ1n) is 9.33. The number of benzene rings is 1. The summed E-state index contributed by atoms with van der Waals surface area (Å²) in [6, 6.07) is 7.50. The molecule has 0 aromatic heterocycles. The molecule has 0 spiro atoms. The highest BCUT2D eigenvalue weighted by Crippen LogP contribution is 2.31. The highest BCUT2D eigenvalue weighted by atomic mass is 16.5. The summed E-state index contributed by atoms with van der Waals surface area (Å²) in [5.41, 5.74) is 0.787. The van der Waals surface area contributed by atoms with Crippen LogP contribution in [-0.2, 0) is 14.3 Å². The summed E-state index contributed by atoms with van der Waals surface area (Å²) in [5, 5.41) is 2.97. The third-order valence-corrected chi connectivity index (χ3v) is 4.67. The van der Waals surface area contributed by atoms with Crippen molar-refractivity contribution in [2.75, 3.05) is 57.4 Å². The lowest BCUT2D eigenvalue weighted by Crippen LogP contribution is -2.40. The van der Waals surface area contributed by atoms with Gasteiger partial charge in [0.25, 0.3) is 5.91 Å². The van der Waals surface area contributed by atoms with Crippen molar-refractivity contribution < 1.29 is 19.1 Å². The van der Waals surface area contributed by atoms with E-state index in [1.165, 1.54) is 0 Å². The minimum Gasteiger partial charge on any atom is -0.482 e. The fourth-order valence-electron chi connectivity index (χ4n) is 3.24. The Kier molecular flexibility index (Phi) is 6.85. The zero-order chi connectivity index (χ0) is 18.2. The quantitative estimate of drug-likeness (QED) is 0.701. The minimum absolute atomic E-state index is 0.0426. The molecular weight excluding hydrogens is 334 g/mol. The maximum atomic E-state index is 12.1. The predicted octanol–water partition coefficient (Wildman–Crippen LogP) is 1.03. The van der Waals surface area contributed by atoms with Crippen molar-refractivity contribution in [3.05, 3.63) is 24.3 Å². The molecule has 2 aliphatic heterocycles. The zero-order valence-electron chi connectivity index (χ0n) is 15.1. The maximum Gasteiger partial charge on any atom is 0.265 e. The molecule has 2 amide bonds. The monoisotopic (exact) mass is 361 g/mol. The van der Waals surface area contributed by atoms with Gasteiger partial charge in [-0.25, -0.2) is 0 Å². The Morgan fingerprint density at radius 3 is 2.77 bits per heavy atom. The number of carbonyl (C=O) groups is 2. The molecule has 0 radical (unpaired) electrons. The van der Waals surface area contributed by atoms with Crippen molar-refractivity contribution in [3.63, 3.8) is 0 Å². The van der Waals surface area contributed by atoms with Crippen molar-refractivity contribution in [2.24, 2.45) is 0 Å². The first kappa shape index (κ1) is 18.7. The van der Waals surface area contributed by atoms with Crippen LogP contribution < -0.4 is 15.0 Å². The average molecular weight is 361 g/mol. The highest BCUT2D eigenvalue weighted by Gasteiger charge is 2.24. The number of hydrogen-bond acceptors (Lipinski definition) is 5. The first-order valence-corrected chi connectivity index (χ1v) is 9.33. The second-order valence-electron chi connectivity index (χ2n) is 6.56. The van der Waals surface area contributed by atoms with E-state index in [0.29, 0.717) is 25.9 Å². The number of nitrogens with zero attached hydrogens (tertiary/aromatic N) is 2. The van der Waals surface area contributed by atoms with Crippen molar-refractivity contribution >= 4 is 17.5 Å². The molecule has 2 aliphatic rings. The number of nitrogens with one attached hydrogen (secondary N) is 1. The molecule has 0 atom stereocenters. The van der Waals surface area contributed by atoms with Crippen LogP contribution in [0.15, 0.2) is 24.3 Å². The topological polar surface area (TPSA) is 71.1 Å². The standard InChI is InChI=1S/C19H27N3O4/c23-18(20-8-4-9-21-11-13-25-14-12-21)7-3-10-22-16-5-1-2-6-17(16)26-15-19(22)24/h1-2,5-6H,3-4,7-15H2,(H,20,23). The summed E-state index contributed by atoms with van der Waals surface area (Å²) >= 11 is 0. The van der Waals surface area contributed by atoms with Gasteiger partial charge in [0, 0.05) is 32.6 Å². The smallest absolute Gasteiger partial charge is 0.265 e. The van der Waals surface area contributed by atoms with Crippen LogP contribution in [0.3, 0.4) is 0 Å². The molecule has 1 aromatic carbocycles. The van der Waals surface area contributed by atoms with E-state index in [-0.39, 0.29) is 18.4 Å². The van der Waals surface area contributed by atoms with Crippen LogP contribution in [0.4, 0.5) is 5.69 Å². The van der Waals surface area contributed by atoms with Crippen molar-refractivity contribution in [1.29, 1.82) is 0 Å². The summed E-state index contributed by atoms with van der Waals surface area (Å²) in [7, 11) is 0. The number of amides is 2. The first-order chi connectivity index (χ1) is 12.7. The molecule has 0 unspecified atom stereocenters. The molecule has 7 nitrogen and oxygen atoms in total. The fourth-order valence-corrected chi connectivity index (χ4v) is 3.24. The number of rotatable bonds is 8. The van der Waals surface area contributed by atoms with E-state index in [2.05, 4.69) is 10.2 Å². The minimum atomic E-state index is -0.0605. The SMILES string of the molecule is O=C(CCCN1C(=O)COc2ccccc21)NCCCN1CCOCC1. The van der Waals surface area contributed by atoms with Crippen LogP contribution >= 0.6 is 0 Å². The summed E-state index contributed by atoms with van der Waals surface area (Å²) in [6.45, 7) is 5.82. The van der Waals surface area contributed by atoms with Crippen molar-refractivity contribution in [2.45, 2.75) is 19.3 Å². The van der Waals surface area contributed by atoms with Gasteiger partial charge in [0.1, 0.15) is 5.75 Å². The third-order valence-electron chi connectivity index (χ3n) is 4.67. The number of carbonyl (C=O) groups excluding carboxylic acids is 2. The van der Waals surface area contributed by atoms with Crippen molar-refractivity contribution in [1.82, 2.24) is 10.2 Å². The number of anilines is 1. The fraction of sp³-hybridized carbons (Fsp3) is 0.579. The predicted molar refractivity (Wildman–Crippen MR) is 98.4 cm³/mol. The summed E-state index contributed by atoms with van der Waals surface area (Å²) in [5.74, 6) is 0.704. The molecule has 3 rings (SSSR count). The molecule has 142 valence electrons.